The van der Waals surface area contributed by atoms with E-state index in [0.717, 1.165) is 5.56 Å². The molecule has 0 saturated carbocycles. The van der Waals surface area contributed by atoms with Crippen LogP contribution in [0, 0.1) is 40.5 Å². The van der Waals surface area contributed by atoms with Crippen LogP contribution in [0.4, 0.5) is 5.69 Å². The summed E-state index contributed by atoms with van der Waals surface area (Å²) in [7, 11) is 0. The number of nitro benzene ring substituents is 1. The Bertz CT molecular complexity index is 663. The van der Waals surface area contributed by atoms with Crippen LogP contribution in [-0.4, -0.2) is 38.3 Å². The van der Waals surface area contributed by atoms with E-state index in [-0.39, 0.29) is 24.9 Å². The first-order valence-corrected chi connectivity index (χ1v) is 7.82. The van der Waals surface area contributed by atoms with Crippen molar-refractivity contribution in [2.24, 2.45) is 0 Å². The molecule has 0 bridgehead atoms. The van der Waals surface area contributed by atoms with E-state index >= 15 is 0 Å². The molecule has 0 spiro atoms. The fourth-order valence-corrected chi connectivity index (χ4v) is 2.50. The summed E-state index contributed by atoms with van der Waals surface area (Å²) in [5.41, 5.74) is 0.739. The molecule has 0 aromatic heterocycles. The van der Waals surface area contributed by atoms with Gasteiger partial charge in [0.25, 0.3) is 18.3 Å². The van der Waals surface area contributed by atoms with Crippen molar-refractivity contribution < 1.29 is 19.7 Å². The minimum atomic E-state index is -1.44. The van der Waals surface area contributed by atoms with Crippen molar-refractivity contribution in [3.8, 4) is 0 Å². The van der Waals surface area contributed by atoms with Crippen molar-refractivity contribution in [1.29, 1.82) is 0 Å². The van der Waals surface area contributed by atoms with E-state index in [2.05, 4.69) is 0 Å². The second-order valence-electron chi connectivity index (χ2n) is 5.79. The number of hydrogen-bond donors (Lipinski definition) is 0. The highest BCUT2D eigenvalue weighted by Gasteiger charge is 2.30. The second-order valence-corrected chi connectivity index (χ2v) is 5.79. The Labute approximate surface area is 147 Å². The van der Waals surface area contributed by atoms with Crippen molar-refractivity contribution in [1.82, 2.24) is 0 Å². The van der Waals surface area contributed by atoms with Crippen molar-refractivity contribution >= 4 is 5.69 Å². The molecule has 0 aliphatic rings. The van der Waals surface area contributed by atoms with Gasteiger partial charge in [-0.1, -0.05) is 12.1 Å². The highest BCUT2D eigenvalue weighted by Crippen LogP contribution is 2.17. The van der Waals surface area contributed by atoms with Crippen LogP contribution in [0.2, 0.25) is 0 Å². The molecule has 26 heavy (non-hydrogen) atoms. The number of nitrogens with zero attached hydrogens (tertiary/aromatic N) is 4. The van der Waals surface area contributed by atoms with Crippen molar-refractivity contribution in [2.45, 2.75) is 44.2 Å². The maximum absolute atomic E-state index is 11.1. The molecule has 12 heteroatoms. The lowest BCUT2D eigenvalue weighted by atomic mass is 10.00. The maximum atomic E-state index is 11.1. The Balaban J connectivity index is 2.52. The first kappa shape index (κ1) is 20.9. The molecule has 12 nitrogen and oxygen atoms in total. The summed E-state index contributed by atoms with van der Waals surface area (Å²) in [5.74, 6) is 0. The van der Waals surface area contributed by atoms with E-state index in [0.29, 0.717) is 12.8 Å². The fraction of sp³-hybridized carbons (Fsp3) is 0.571. The van der Waals surface area contributed by atoms with E-state index in [1.54, 1.807) is 12.1 Å². The molecular formula is C14H18N4O8. The molecule has 0 aliphatic heterocycles. The number of non-ortho nitro benzene ring substituents is 1. The Morgan fingerprint density at radius 3 is 1.77 bits per heavy atom. The van der Waals surface area contributed by atoms with Gasteiger partial charge in [-0.15, -0.1) is 0 Å². The lowest BCUT2D eigenvalue weighted by molar-refractivity contribution is -0.590. The molecule has 0 heterocycles. The average Bonchev–Trinajstić information content (AvgIpc) is 2.56. The van der Waals surface area contributed by atoms with Gasteiger partial charge in [0.15, 0.2) is 0 Å². The Morgan fingerprint density at radius 2 is 1.31 bits per heavy atom. The van der Waals surface area contributed by atoms with Gasteiger partial charge >= 0.3 is 0 Å². The first-order chi connectivity index (χ1) is 12.2. The van der Waals surface area contributed by atoms with Crippen molar-refractivity contribution in [2.75, 3.05) is 6.54 Å². The van der Waals surface area contributed by atoms with Gasteiger partial charge in [0, 0.05) is 46.2 Å². The molecule has 1 rings (SSSR count). The summed E-state index contributed by atoms with van der Waals surface area (Å²) < 4.78 is 0. The van der Waals surface area contributed by atoms with Crippen molar-refractivity contribution in [3.63, 3.8) is 0 Å². The minimum Gasteiger partial charge on any atom is -0.264 e. The smallest absolute Gasteiger partial charge is 0.264 e. The summed E-state index contributed by atoms with van der Waals surface area (Å²) in [4.78, 5) is 40.2. The largest absolute Gasteiger partial charge is 0.276 e. The summed E-state index contributed by atoms with van der Waals surface area (Å²) in [6, 6.07) is 3.36. The zero-order valence-electron chi connectivity index (χ0n) is 13.8. The predicted octanol–water partition coefficient (Wildman–Crippen LogP) is 2.27. The van der Waals surface area contributed by atoms with Gasteiger partial charge in [0.1, 0.15) is 0 Å². The Kier molecular flexibility index (Phi) is 7.99. The van der Waals surface area contributed by atoms with Gasteiger partial charge in [-0.05, 0) is 18.4 Å². The summed E-state index contributed by atoms with van der Waals surface area (Å²) in [5, 5.41) is 42.9. The number of aryl methyl sites for hydroxylation is 1. The Morgan fingerprint density at radius 1 is 0.769 bits per heavy atom. The molecule has 0 saturated heterocycles. The molecule has 0 N–H and O–H groups in total. The van der Waals surface area contributed by atoms with Gasteiger partial charge < -0.3 is 0 Å². The highest BCUT2D eigenvalue weighted by molar-refractivity contribution is 5.32. The summed E-state index contributed by atoms with van der Waals surface area (Å²) >= 11 is 0. The van der Waals surface area contributed by atoms with Gasteiger partial charge in [-0.3, -0.25) is 40.5 Å². The molecule has 1 aromatic carbocycles. The first-order valence-electron chi connectivity index (χ1n) is 7.82. The number of benzene rings is 1. The molecule has 142 valence electrons. The SMILES string of the molecule is O=[N+]([O-])CC(CCC(CCCc1ccc([N+](=O)[O-])cc1)[N+](=O)[O-])[N+](=O)[O-]. The topological polar surface area (TPSA) is 173 Å². The van der Waals surface area contributed by atoms with Crippen LogP contribution in [0.1, 0.15) is 31.2 Å². The number of hydrogen-bond acceptors (Lipinski definition) is 8. The monoisotopic (exact) mass is 370 g/mol. The van der Waals surface area contributed by atoms with Gasteiger partial charge in [-0.25, -0.2) is 0 Å². The lowest BCUT2D eigenvalue weighted by Crippen LogP contribution is -2.31. The fourth-order valence-electron chi connectivity index (χ4n) is 2.50. The van der Waals surface area contributed by atoms with Crippen LogP contribution in [0.25, 0.3) is 0 Å². The molecule has 0 aliphatic carbocycles. The molecule has 0 amide bonds. The zero-order valence-corrected chi connectivity index (χ0v) is 13.8. The Hall–Kier alpha value is -3.18. The van der Waals surface area contributed by atoms with E-state index < -0.39 is 38.3 Å². The van der Waals surface area contributed by atoms with E-state index in [4.69, 9.17) is 0 Å². The average molecular weight is 370 g/mol. The zero-order chi connectivity index (χ0) is 19.7. The maximum Gasteiger partial charge on any atom is 0.276 e. The molecule has 2 unspecified atom stereocenters. The lowest BCUT2D eigenvalue weighted by Gasteiger charge is -2.10. The van der Waals surface area contributed by atoms with Gasteiger partial charge in [-0.2, -0.15) is 0 Å². The van der Waals surface area contributed by atoms with Gasteiger partial charge in [0.05, 0.1) is 4.92 Å². The predicted molar refractivity (Wildman–Crippen MR) is 88.7 cm³/mol. The third kappa shape index (κ3) is 7.15. The second kappa shape index (κ2) is 9.96. The third-order valence-corrected chi connectivity index (χ3v) is 3.94. The highest BCUT2D eigenvalue weighted by atomic mass is 16.6. The van der Waals surface area contributed by atoms with Crippen LogP contribution >= 0.6 is 0 Å². The standard InChI is InChI=1S/C14H18N4O8/c19-15(20)10-14(18(25)26)9-8-12(16(21)22)3-1-2-11-4-6-13(7-5-11)17(23)24/h4-7,12,14H,1-3,8-10H2. The minimum absolute atomic E-state index is 0.0477. The normalized spacial score (nSPS) is 12.9. The van der Waals surface area contributed by atoms with Crippen LogP contribution in [0.5, 0.6) is 0 Å². The van der Waals surface area contributed by atoms with E-state index in [1.807, 2.05) is 0 Å². The quantitative estimate of drug-likeness (QED) is 0.398. The number of rotatable bonds is 12. The van der Waals surface area contributed by atoms with E-state index in [9.17, 15) is 40.5 Å². The summed E-state index contributed by atoms with van der Waals surface area (Å²) in [6.07, 6.45) is 0.689. The number of nitro groups is 4. The van der Waals surface area contributed by atoms with Crippen LogP contribution in [0.15, 0.2) is 24.3 Å². The van der Waals surface area contributed by atoms with Crippen LogP contribution in [0.3, 0.4) is 0 Å². The molecule has 0 radical (unpaired) electrons. The molecule has 0 fully saturated rings. The molecule has 2 atom stereocenters. The third-order valence-electron chi connectivity index (χ3n) is 3.94. The van der Waals surface area contributed by atoms with Crippen LogP contribution in [-0.2, 0) is 6.42 Å². The molecule has 1 aromatic rings. The molecular weight excluding hydrogens is 352 g/mol. The summed E-state index contributed by atoms with van der Waals surface area (Å²) in [6.45, 7) is -0.861. The van der Waals surface area contributed by atoms with Crippen LogP contribution < -0.4 is 0 Å². The van der Waals surface area contributed by atoms with E-state index in [1.165, 1.54) is 12.1 Å². The van der Waals surface area contributed by atoms with Crippen molar-refractivity contribution in [3.05, 3.63) is 70.3 Å². The van der Waals surface area contributed by atoms with Gasteiger partial charge in [0.2, 0.25) is 6.04 Å².